The summed E-state index contributed by atoms with van der Waals surface area (Å²) >= 11 is 0. The molecule has 0 aliphatic carbocycles. The van der Waals surface area contributed by atoms with Gasteiger partial charge in [0.25, 0.3) is 0 Å². The summed E-state index contributed by atoms with van der Waals surface area (Å²) in [7, 11) is 0. The average Bonchev–Trinajstić information content (AvgIpc) is 2.74. The summed E-state index contributed by atoms with van der Waals surface area (Å²) in [5, 5.41) is 78.5. The van der Waals surface area contributed by atoms with Gasteiger partial charge in [0.05, 0.1) is 13.2 Å². The Kier molecular flexibility index (Phi) is 7.47. The molecule has 8 N–H and O–H groups in total. The fraction of sp³-hybridized carbons (Fsp3) is 0.667. The first-order chi connectivity index (χ1) is 14.2. The molecule has 3 rings (SSSR count). The van der Waals surface area contributed by atoms with Crippen molar-refractivity contribution in [3.63, 3.8) is 0 Å². The van der Waals surface area contributed by atoms with Crippen molar-refractivity contribution in [1.82, 2.24) is 0 Å². The number of benzene rings is 1. The van der Waals surface area contributed by atoms with Crippen molar-refractivity contribution < 1.29 is 59.8 Å². The van der Waals surface area contributed by atoms with Crippen LogP contribution in [-0.2, 0) is 14.2 Å². The molecule has 2 fully saturated rings. The van der Waals surface area contributed by atoms with Gasteiger partial charge in [-0.25, -0.2) is 0 Å². The van der Waals surface area contributed by atoms with E-state index in [0.29, 0.717) is 0 Å². The van der Waals surface area contributed by atoms with Crippen LogP contribution in [0, 0.1) is 0 Å². The normalized spacial score (nSPS) is 42.1. The van der Waals surface area contributed by atoms with Crippen molar-refractivity contribution >= 4 is 0 Å². The molecule has 0 amide bonds. The van der Waals surface area contributed by atoms with Gasteiger partial charge in [-0.15, -0.1) is 0 Å². The van der Waals surface area contributed by atoms with Crippen molar-refractivity contribution in [2.75, 3.05) is 13.2 Å². The molecule has 12 heteroatoms. The number of phenols is 1. The number of aliphatic hydroxyl groups excluding tert-OH is 7. The van der Waals surface area contributed by atoms with Gasteiger partial charge in [-0.05, 0) is 24.3 Å². The minimum absolute atomic E-state index is 0.00581. The van der Waals surface area contributed by atoms with Crippen LogP contribution in [0.3, 0.4) is 0 Å². The SMILES string of the molecule is OC[C@H]1O[C@@H](OC[C@H]2O[C@@H](Oc3ccc(O)cc3)[C@H](O)[C@@H](O)[C@@H]2O)[C@H](O)[C@H](O)[C@@H]1O. The van der Waals surface area contributed by atoms with E-state index in [2.05, 4.69) is 0 Å². The van der Waals surface area contributed by atoms with Gasteiger partial charge >= 0.3 is 0 Å². The summed E-state index contributed by atoms with van der Waals surface area (Å²) in [5.74, 6) is 0.211. The fourth-order valence-corrected chi connectivity index (χ4v) is 3.21. The standard InChI is InChI=1S/C18H26O12/c19-5-9-11(21)13(23)15(25)17(29-9)27-6-10-12(22)14(24)16(26)18(30-10)28-8-3-1-7(20)2-4-8/h1-4,9-26H,5-6H2/t9-,10-,11-,12-,13-,14+,15-,16-,17-,18-/m1/s1. The topological polar surface area (TPSA) is 199 Å². The molecule has 1 aromatic rings. The Morgan fingerprint density at radius 3 is 1.83 bits per heavy atom. The van der Waals surface area contributed by atoms with Gasteiger partial charge in [0.1, 0.15) is 60.3 Å². The van der Waals surface area contributed by atoms with Crippen LogP contribution in [0.15, 0.2) is 24.3 Å². The lowest BCUT2D eigenvalue weighted by Gasteiger charge is -2.42. The maximum absolute atomic E-state index is 10.2. The van der Waals surface area contributed by atoms with Crippen molar-refractivity contribution in [1.29, 1.82) is 0 Å². The van der Waals surface area contributed by atoms with Crippen LogP contribution in [0.5, 0.6) is 11.5 Å². The number of aromatic hydroxyl groups is 1. The van der Waals surface area contributed by atoms with Gasteiger partial charge in [-0.3, -0.25) is 0 Å². The molecule has 2 aliphatic rings. The van der Waals surface area contributed by atoms with Crippen LogP contribution >= 0.6 is 0 Å². The zero-order valence-corrected chi connectivity index (χ0v) is 15.7. The second-order valence-corrected chi connectivity index (χ2v) is 7.16. The Morgan fingerprint density at radius 2 is 1.23 bits per heavy atom. The molecule has 0 radical (unpaired) electrons. The lowest BCUT2D eigenvalue weighted by molar-refractivity contribution is -0.323. The Labute approximate surface area is 171 Å². The predicted molar refractivity (Wildman–Crippen MR) is 95.1 cm³/mol. The van der Waals surface area contributed by atoms with E-state index in [1.807, 2.05) is 0 Å². The van der Waals surface area contributed by atoms with E-state index in [1.165, 1.54) is 24.3 Å². The number of hydrogen-bond donors (Lipinski definition) is 8. The minimum Gasteiger partial charge on any atom is -0.508 e. The van der Waals surface area contributed by atoms with Gasteiger partial charge < -0.3 is 59.8 Å². The molecule has 1 aromatic carbocycles. The molecule has 2 aliphatic heterocycles. The molecular weight excluding hydrogens is 408 g/mol. The van der Waals surface area contributed by atoms with Gasteiger partial charge in [0, 0.05) is 0 Å². The molecule has 2 heterocycles. The third-order valence-corrected chi connectivity index (χ3v) is 5.03. The molecule has 0 bridgehead atoms. The average molecular weight is 434 g/mol. The Morgan fingerprint density at radius 1 is 0.700 bits per heavy atom. The third-order valence-electron chi connectivity index (χ3n) is 5.03. The van der Waals surface area contributed by atoms with E-state index < -0.39 is 74.6 Å². The zero-order chi connectivity index (χ0) is 22.0. The molecule has 170 valence electrons. The van der Waals surface area contributed by atoms with E-state index in [1.54, 1.807) is 0 Å². The van der Waals surface area contributed by atoms with Crippen molar-refractivity contribution in [3.05, 3.63) is 24.3 Å². The Hall–Kier alpha value is -1.58. The van der Waals surface area contributed by atoms with Gasteiger partial charge in [-0.2, -0.15) is 0 Å². The second kappa shape index (κ2) is 9.70. The largest absolute Gasteiger partial charge is 0.508 e. The van der Waals surface area contributed by atoms with Crippen molar-refractivity contribution in [3.8, 4) is 11.5 Å². The summed E-state index contributed by atoms with van der Waals surface area (Å²) in [4.78, 5) is 0. The van der Waals surface area contributed by atoms with E-state index in [9.17, 15) is 40.9 Å². The first kappa shape index (κ1) is 23.1. The van der Waals surface area contributed by atoms with Crippen molar-refractivity contribution in [2.24, 2.45) is 0 Å². The molecule has 0 unspecified atom stereocenters. The van der Waals surface area contributed by atoms with Gasteiger partial charge in [0.15, 0.2) is 6.29 Å². The first-order valence-electron chi connectivity index (χ1n) is 9.30. The maximum Gasteiger partial charge on any atom is 0.229 e. The summed E-state index contributed by atoms with van der Waals surface area (Å²) < 4.78 is 21.5. The summed E-state index contributed by atoms with van der Waals surface area (Å²) in [6.45, 7) is -1.09. The Bertz CT molecular complexity index is 670. The van der Waals surface area contributed by atoms with Crippen LogP contribution in [0.25, 0.3) is 0 Å². The van der Waals surface area contributed by atoms with E-state index in [0.717, 1.165) is 0 Å². The summed E-state index contributed by atoms with van der Waals surface area (Å²) in [6, 6.07) is 5.50. The van der Waals surface area contributed by atoms with E-state index >= 15 is 0 Å². The number of phenolic OH excluding ortho intramolecular Hbond substituents is 1. The molecule has 10 atom stereocenters. The highest BCUT2D eigenvalue weighted by molar-refractivity contribution is 5.30. The van der Waals surface area contributed by atoms with Crippen LogP contribution < -0.4 is 4.74 Å². The smallest absolute Gasteiger partial charge is 0.229 e. The van der Waals surface area contributed by atoms with E-state index in [4.69, 9.17) is 18.9 Å². The van der Waals surface area contributed by atoms with Crippen LogP contribution in [0.1, 0.15) is 0 Å². The van der Waals surface area contributed by atoms with Gasteiger partial charge in [0.2, 0.25) is 6.29 Å². The highest BCUT2D eigenvalue weighted by Gasteiger charge is 2.47. The van der Waals surface area contributed by atoms with Gasteiger partial charge in [-0.1, -0.05) is 0 Å². The Balaban J connectivity index is 1.63. The monoisotopic (exact) mass is 434 g/mol. The molecule has 12 nitrogen and oxygen atoms in total. The molecule has 30 heavy (non-hydrogen) atoms. The van der Waals surface area contributed by atoms with Crippen LogP contribution in [0.4, 0.5) is 0 Å². The van der Waals surface area contributed by atoms with Crippen LogP contribution in [0.2, 0.25) is 0 Å². The van der Waals surface area contributed by atoms with Crippen molar-refractivity contribution in [2.45, 2.75) is 61.4 Å². The predicted octanol–water partition coefficient (Wildman–Crippen LogP) is -3.60. The molecular formula is C18H26O12. The summed E-state index contributed by atoms with van der Waals surface area (Å²) in [6.07, 6.45) is -14.9. The number of rotatable bonds is 6. The fourth-order valence-electron chi connectivity index (χ4n) is 3.21. The molecule has 0 aromatic heterocycles. The molecule has 0 spiro atoms. The third kappa shape index (κ3) is 4.84. The van der Waals surface area contributed by atoms with Crippen LogP contribution in [-0.4, -0.2) is 115 Å². The number of hydrogen-bond acceptors (Lipinski definition) is 12. The molecule has 0 saturated carbocycles. The van der Waals surface area contributed by atoms with E-state index in [-0.39, 0.29) is 11.5 Å². The second-order valence-electron chi connectivity index (χ2n) is 7.16. The lowest BCUT2D eigenvalue weighted by atomic mass is 9.98. The number of aliphatic hydroxyl groups is 7. The quantitative estimate of drug-likeness (QED) is 0.219. The highest BCUT2D eigenvalue weighted by atomic mass is 16.7. The maximum atomic E-state index is 10.2. The minimum atomic E-state index is -1.65. The lowest BCUT2D eigenvalue weighted by Crippen LogP contribution is -2.62. The molecule has 2 saturated heterocycles. The first-order valence-corrected chi connectivity index (χ1v) is 9.30. The highest BCUT2D eigenvalue weighted by Crippen LogP contribution is 2.27. The summed E-state index contributed by atoms with van der Waals surface area (Å²) in [5.41, 5.74) is 0. The zero-order valence-electron chi connectivity index (χ0n) is 15.7. The number of ether oxygens (including phenoxy) is 4.